The summed E-state index contributed by atoms with van der Waals surface area (Å²) in [5.41, 5.74) is 1.97. The molecule has 1 aromatic rings. The van der Waals surface area contributed by atoms with Crippen LogP contribution in [0.25, 0.3) is 0 Å². The summed E-state index contributed by atoms with van der Waals surface area (Å²) < 4.78 is 13.7. The third-order valence-electron chi connectivity index (χ3n) is 3.04. The maximum atomic E-state index is 13.7. The summed E-state index contributed by atoms with van der Waals surface area (Å²) >= 11 is 0. The molecule has 1 rings (SSSR count). The number of rotatable bonds is 3. The molecule has 0 aliphatic rings. The van der Waals surface area contributed by atoms with E-state index in [0.717, 1.165) is 24.0 Å². The van der Waals surface area contributed by atoms with Gasteiger partial charge in [0.2, 0.25) is 0 Å². The standard InChI is InChI=1S/C13H19F.C2H6/c1-5-10-8-7-9-11(14)12(10)13(3,4)6-2;1-2/h7-9H,5-6H2,1-4H3;1-2H3. The fourth-order valence-electron chi connectivity index (χ4n) is 1.80. The third kappa shape index (κ3) is 3.33. The van der Waals surface area contributed by atoms with Crippen molar-refractivity contribution in [3.63, 3.8) is 0 Å². The number of aryl methyl sites for hydroxylation is 1. The first-order chi connectivity index (χ1) is 7.53. The van der Waals surface area contributed by atoms with Gasteiger partial charge in [0, 0.05) is 0 Å². The lowest BCUT2D eigenvalue weighted by molar-refractivity contribution is 0.464. The van der Waals surface area contributed by atoms with Gasteiger partial charge in [-0.1, -0.05) is 53.7 Å². The molecule has 0 saturated carbocycles. The van der Waals surface area contributed by atoms with Crippen LogP contribution in [0, 0.1) is 5.82 Å². The van der Waals surface area contributed by atoms with Crippen LogP contribution in [-0.4, -0.2) is 0 Å². The number of benzene rings is 1. The maximum absolute atomic E-state index is 13.7. The van der Waals surface area contributed by atoms with Crippen LogP contribution in [0.3, 0.4) is 0 Å². The highest BCUT2D eigenvalue weighted by Crippen LogP contribution is 2.31. The topological polar surface area (TPSA) is 0 Å². The Bertz CT molecular complexity index is 313. The van der Waals surface area contributed by atoms with Gasteiger partial charge in [-0.05, 0) is 35.4 Å². The Balaban J connectivity index is 0.00000106. The first-order valence-electron chi connectivity index (χ1n) is 6.30. The predicted molar refractivity (Wildman–Crippen MR) is 70.4 cm³/mol. The summed E-state index contributed by atoms with van der Waals surface area (Å²) in [5.74, 6) is -0.0591. The highest BCUT2D eigenvalue weighted by Gasteiger charge is 2.24. The van der Waals surface area contributed by atoms with Gasteiger partial charge in [0.1, 0.15) is 5.82 Å². The fraction of sp³-hybridized carbons (Fsp3) is 0.600. The molecule has 0 spiro atoms. The molecule has 0 unspecified atom stereocenters. The van der Waals surface area contributed by atoms with E-state index >= 15 is 0 Å². The molecule has 0 saturated heterocycles. The van der Waals surface area contributed by atoms with Gasteiger partial charge in [-0.3, -0.25) is 0 Å². The molecular formula is C15H25F. The van der Waals surface area contributed by atoms with Crippen molar-refractivity contribution in [2.75, 3.05) is 0 Å². The zero-order valence-corrected chi connectivity index (χ0v) is 11.5. The van der Waals surface area contributed by atoms with Crippen LogP contribution in [0.4, 0.5) is 4.39 Å². The molecule has 0 amide bonds. The molecule has 0 fully saturated rings. The van der Waals surface area contributed by atoms with Crippen molar-refractivity contribution < 1.29 is 4.39 Å². The van der Waals surface area contributed by atoms with E-state index in [2.05, 4.69) is 27.7 Å². The van der Waals surface area contributed by atoms with E-state index in [4.69, 9.17) is 0 Å². The summed E-state index contributed by atoms with van der Waals surface area (Å²) in [6.45, 7) is 12.4. The minimum atomic E-state index is -0.0591. The van der Waals surface area contributed by atoms with Crippen molar-refractivity contribution in [2.45, 2.75) is 59.8 Å². The first-order valence-corrected chi connectivity index (χ1v) is 6.30. The van der Waals surface area contributed by atoms with Gasteiger partial charge in [-0.15, -0.1) is 0 Å². The molecule has 0 N–H and O–H groups in total. The molecule has 0 bridgehead atoms. The van der Waals surface area contributed by atoms with Crippen molar-refractivity contribution in [1.29, 1.82) is 0 Å². The van der Waals surface area contributed by atoms with E-state index in [9.17, 15) is 4.39 Å². The van der Waals surface area contributed by atoms with Gasteiger partial charge in [-0.25, -0.2) is 4.39 Å². The number of hydrogen-bond donors (Lipinski definition) is 0. The average molecular weight is 224 g/mol. The zero-order chi connectivity index (χ0) is 12.8. The van der Waals surface area contributed by atoms with Gasteiger partial charge in [-0.2, -0.15) is 0 Å². The van der Waals surface area contributed by atoms with Gasteiger partial charge >= 0.3 is 0 Å². The Kier molecular flexibility index (Phi) is 6.32. The van der Waals surface area contributed by atoms with Crippen LogP contribution >= 0.6 is 0 Å². The van der Waals surface area contributed by atoms with Crippen LogP contribution in [0.5, 0.6) is 0 Å². The average Bonchev–Trinajstić information content (AvgIpc) is 2.31. The maximum Gasteiger partial charge on any atom is 0.127 e. The number of hydrogen-bond acceptors (Lipinski definition) is 0. The molecule has 0 aromatic heterocycles. The second-order valence-electron chi connectivity index (χ2n) is 4.36. The lowest BCUT2D eigenvalue weighted by Crippen LogP contribution is -2.19. The fourth-order valence-corrected chi connectivity index (χ4v) is 1.80. The molecule has 1 heteroatoms. The second kappa shape index (κ2) is 6.67. The zero-order valence-electron chi connectivity index (χ0n) is 11.5. The quantitative estimate of drug-likeness (QED) is 0.670. The van der Waals surface area contributed by atoms with Gasteiger partial charge in [0.25, 0.3) is 0 Å². The molecule has 0 nitrogen and oxygen atoms in total. The Morgan fingerprint density at radius 2 is 1.69 bits per heavy atom. The molecule has 0 heterocycles. The first kappa shape index (κ1) is 15.2. The third-order valence-corrected chi connectivity index (χ3v) is 3.04. The van der Waals surface area contributed by atoms with Crippen LogP contribution in [0.15, 0.2) is 18.2 Å². The summed E-state index contributed by atoms with van der Waals surface area (Å²) in [4.78, 5) is 0. The smallest absolute Gasteiger partial charge is 0.127 e. The lowest BCUT2D eigenvalue weighted by Gasteiger charge is -2.26. The van der Waals surface area contributed by atoms with Gasteiger partial charge < -0.3 is 0 Å². The molecule has 92 valence electrons. The van der Waals surface area contributed by atoms with E-state index in [0.29, 0.717) is 0 Å². The van der Waals surface area contributed by atoms with Gasteiger partial charge in [0.05, 0.1) is 0 Å². The van der Waals surface area contributed by atoms with E-state index in [-0.39, 0.29) is 11.2 Å². The summed E-state index contributed by atoms with van der Waals surface area (Å²) in [7, 11) is 0. The van der Waals surface area contributed by atoms with E-state index < -0.39 is 0 Å². The summed E-state index contributed by atoms with van der Waals surface area (Å²) in [5, 5.41) is 0. The highest BCUT2D eigenvalue weighted by atomic mass is 19.1. The van der Waals surface area contributed by atoms with E-state index in [1.807, 2.05) is 19.9 Å². The van der Waals surface area contributed by atoms with E-state index in [1.54, 1.807) is 12.1 Å². The number of halogens is 1. The molecule has 0 aliphatic carbocycles. The normalized spacial score (nSPS) is 10.7. The van der Waals surface area contributed by atoms with Crippen molar-refractivity contribution in [3.05, 3.63) is 35.1 Å². The van der Waals surface area contributed by atoms with Crippen LogP contribution in [0.1, 0.15) is 59.1 Å². The molecule has 0 aliphatic heterocycles. The highest BCUT2D eigenvalue weighted by molar-refractivity contribution is 5.34. The Morgan fingerprint density at radius 1 is 1.12 bits per heavy atom. The largest absolute Gasteiger partial charge is 0.207 e. The van der Waals surface area contributed by atoms with Crippen molar-refractivity contribution in [1.82, 2.24) is 0 Å². The van der Waals surface area contributed by atoms with Crippen LogP contribution in [0.2, 0.25) is 0 Å². The van der Waals surface area contributed by atoms with Gasteiger partial charge in [0.15, 0.2) is 0 Å². The Labute approximate surface area is 99.9 Å². The van der Waals surface area contributed by atoms with E-state index in [1.165, 1.54) is 0 Å². The van der Waals surface area contributed by atoms with Crippen molar-refractivity contribution >= 4 is 0 Å². The van der Waals surface area contributed by atoms with Crippen molar-refractivity contribution in [2.24, 2.45) is 0 Å². The molecule has 16 heavy (non-hydrogen) atoms. The SMILES string of the molecule is CC.CCc1cccc(F)c1C(C)(C)CC. The Morgan fingerprint density at radius 3 is 2.12 bits per heavy atom. The van der Waals surface area contributed by atoms with Crippen LogP contribution < -0.4 is 0 Å². The molecular weight excluding hydrogens is 199 g/mol. The predicted octanol–water partition coefficient (Wildman–Crippen LogP) is 5.10. The molecule has 0 radical (unpaired) electrons. The minimum Gasteiger partial charge on any atom is -0.207 e. The summed E-state index contributed by atoms with van der Waals surface area (Å²) in [6, 6.07) is 5.38. The Hall–Kier alpha value is -0.850. The second-order valence-corrected chi connectivity index (χ2v) is 4.36. The molecule has 1 aromatic carbocycles. The lowest BCUT2D eigenvalue weighted by atomic mass is 9.79. The summed E-state index contributed by atoms with van der Waals surface area (Å²) in [6.07, 6.45) is 1.86. The molecule has 0 atom stereocenters. The monoisotopic (exact) mass is 224 g/mol. The minimum absolute atomic E-state index is 0.0588. The van der Waals surface area contributed by atoms with Crippen molar-refractivity contribution in [3.8, 4) is 0 Å². The van der Waals surface area contributed by atoms with Crippen LogP contribution in [-0.2, 0) is 11.8 Å².